The number of amides is 1. The predicted octanol–water partition coefficient (Wildman–Crippen LogP) is 2.40. The molecule has 0 saturated carbocycles. The Morgan fingerprint density at radius 2 is 2.32 bits per heavy atom. The molecular formula is C16H18N2O4. The smallest absolute Gasteiger partial charge is 0.287 e. The first-order valence-electron chi connectivity index (χ1n) is 7.14. The first-order chi connectivity index (χ1) is 10.6. The Morgan fingerprint density at radius 3 is 2.95 bits per heavy atom. The molecule has 2 heterocycles. The molecule has 0 aromatic carbocycles. The molecule has 2 aromatic rings. The van der Waals surface area contributed by atoms with E-state index in [0.717, 1.165) is 37.2 Å². The third-order valence-corrected chi connectivity index (χ3v) is 3.27. The van der Waals surface area contributed by atoms with E-state index in [1.54, 1.807) is 18.5 Å². The van der Waals surface area contributed by atoms with Crippen LogP contribution in [0.5, 0.6) is 5.75 Å². The number of unbranched alkanes of at least 4 members (excludes halogenated alkanes) is 1. The number of nitrogens with one attached hydrogen (secondary N) is 1. The van der Waals surface area contributed by atoms with Crippen molar-refractivity contribution >= 4 is 5.91 Å². The van der Waals surface area contributed by atoms with Crippen LogP contribution in [0.1, 0.15) is 48.3 Å². The van der Waals surface area contributed by atoms with Crippen molar-refractivity contribution in [2.24, 2.45) is 0 Å². The van der Waals surface area contributed by atoms with Crippen molar-refractivity contribution in [3.63, 3.8) is 0 Å². The van der Waals surface area contributed by atoms with Crippen molar-refractivity contribution in [3.05, 3.63) is 58.4 Å². The average Bonchev–Trinajstić information content (AvgIpc) is 2.54. The molecular weight excluding hydrogens is 284 g/mol. The minimum absolute atomic E-state index is 0.131. The van der Waals surface area contributed by atoms with Gasteiger partial charge in [-0.15, -0.1) is 0 Å². The Hall–Kier alpha value is -2.63. The van der Waals surface area contributed by atoms with Crippen LogP contribution < -0.4 is 10.7 Å². The van der Waals surface area contributed by atoms with Gasteiger partial charge in [0.2, 0.25) is 5.43 Å². The molecule has 0 aliphatic heterocycles. The molecule has 0 spiro atoms. The summed E-state index contributed by atoms with van der Waals surface area (Å²) < 4.78 is 4.96. The summed E-state index contributed by atoms with van der Waals surface area (Å²) in [7, 11) is 0. The SMILES string of the molecule is CCCC[C@H](NC(=O)c1cc(=O)c(O)co1)c1cccnc1. The summed E-state index contributed by atoms with van der Waals surface area (Å²) in [6, 6.07) is 4.47. The van der Waals surface area contributed by atoms with Crippen molar-refractivity contribution in [1.82, 2.24) is 10.3 Å². The third-order valence-electron chi connectivity index (χ3n) is 3.27. The summed E-state index contributed by atoms with van der Waals surface area (Å²) in [4.78, 5) is 27.6. The number of hydrogen-bond donors (Lipinski definition) is 2. The van der Waals surface area contributed by atoms with Crippen LogP contribution in [0.2, 0.25) is 0 Å². The summed E-state index contributed by atoms with van der Waals surface area (Å²) >= 11 is 0. The molecule has 0 radical (unpaired) electrons. The zero-order chi connectivity index (χ0) is 15.9. The Balaban J connectivity index is 2.17. The van der Waals surface area contributed by atoms with E-state index in [1.807, 2.05) is 6.07 Å². The maximum absolute atomic E-state index is 12.2. The second kappa shape index (κ2) is 7.40. The van der Waals surface area contributed by atoms with Crippen molar-refractivity contribution in [3.8, 4) is 5.75 Å². The minimum Gasteiger partial charge on any atom is -0.502 e. The van der Waals surface area contributed by atoms with Gasteiger partial charge in [0.1, 0.15) is 6.26 Å². The van der Waals surface area contributed by atoms with Crippen LogP contribution in [-0.2, 0) is 0 Å². The van der Waals surface area contributed by atoms with Crippen molar-refractivity contribution in [2.45, 2.75) is 32.2 Å². The number of carbonyl (C=O) groups is 1. The van der Waals surface area contributed by atoms with E-state index in [1.165, 1.54) is 0 Å². The van der Waals surface area contributed by atoms with Crippen LogP contribution >= 0.6 is 0 Å². The van der Waals surface area contributed by atoms with Crippen LogP contribution in [0.3, 0.4) is 0 Å². The standard InChI is InChI=1S/C16H18N2O4/c1-2-3-6-12(11-5-4-7-17-9-11)18-16(21)15-8-13(19)14(20)10-22-15/h4-5,7-10,12,20H,2-3,6H2,1H3,(H,18,21)/t12-/m0/s1. The maximum atomic E-state index is 12.2. The summed E-state index contributed by atoms with van der Waals surface area (Å²) in [5.74, 6) is -1.15. The van der Waals surface area contributed by atoms with Crippen molar-refractivity contribution < 1.29 is 14.3 Å². The van der Waals surface area contributed by atoms with E-state index in [-0.39, 0.29) is 11.8 Å². The Kier molecular flexibility index (Phi) is 5.30. The molecule has 0 saturated heterocycles. The van der Waals surface area contributed by atoms with Gasteiger partial charge in [-0.25, -0.2) is 0 Å². The second-order valence-electron chi connectivity index (χ2n) is 4.95. The molecule has 0 unspecified atom stereocenters. The van der Waals surface area contributed by atoms with Gasteiger partial charge < -0.3 is 14.8 Å². The number of carbonyl (C=O) groups excluding carboxylic acids is 1. The zero-order valence-corrected chi connectivity index (χ0v) is 12.3. The van der Waals surface area contributed by atoms with Gasteiger partial charge >= 0.3 is 0 Å². The van der Waals surface area contributed by atoms with Gasteiger partial charge in [0.05, 0.1) is 6.04 Å². The highest BCUT2D eigenvalue weighted by Crippen LogP contribution is 2.19. The van der Waals surface area contributed by atoms with Gasteiger partial charge in [0, 0.05) is 18.5 Å². The van der Waals surface area contributed by atoms with Crippen LogP contribution in [-0.4, -0.2) is 16.0 Å². The first kappa shape index (κ1) is 15.8. The molecule has 2 N–H and O–H groups in total. The van der Waals surface area contributed by atoms with Crippen LogP contribution in [0, 0.1) is 0 Å². The average molecular weight is 302 g/mol. The molecule has 6 nitrogen and oxygen atoms in total. The lowest BCUT2D eigenvalue weighted by Gasteiger charge is -2.18. The molecule has 1 amide bonds. The van der Waals surface area contributed by atoms with Gasteiger partial charge in [-0.05, 0) is 18.1 Å². The predicted molar refractivity (Wildman–Crippen MR) is 80.6 cm³/mol. The fourth-order valence-corrected chi connectivity index (χ4v) is 2.07. The highest BCUT2D eigenvalue weighted by Gasteiger charge is 2.18. The van der Waals surface area contributed by atoms with Crippen LogP contribution in [0.15, 0.2) is 46.1 Å². The van der Waals surface area contributed by atoms with Crippen LogP contribution in [0.25, 0.3) is 0 Å². The Bertz CT molecular complexity index is 682. The fraction of sp³-hybridized carbons (Fsp3) is 0.312. The largest absolute Gasteiger partial charge is 0.502 e. The molecule has 0 bridgehead atoms. The minimum atomic E-state index is -0.650. The molecule has 1 atom stereocenters. The quantitative estimate of drug-likeness (QED) is 0.854. The third kappa shape index (κ3) is 3.94. The normalized spacial score (nSPS) is 11.9. The molecule has 6 heteroatoms. The molecule has 0 aliphatic rings. The molecule has 0 aliphatic carbocycles. The fourth-order valence-electron chi connectivity index (χ4n) is 2.07. The molecule has 2 aromatic heterocycles. The van der Waals surface area contributed by atoms with Gasteiger partial charge in [-0.1, -0.05) is 25.8 Å². The van der Waals surface area contributed by atoms with Gasteiger partial charge in [0.15, 0.2) is 11.5 Å². The van der Waals surface area contributed by atoms with Gasteiger partial charge in [-0.3, -0.25) is 14.6 Å². The number of aromatic hydroxyl groups is 1. The van der Waals surface area contributed by atoms with Crippen molar-refractivity contribution in [2.75, 3.05) is 0 Å². The Morgan fingerprint density at radius 1 is 1.50 bits per heavy atom. The summed E-state index contributed by atoms with van der Waals surface area (Å²) in [6.45, 7) is 2.07. The number of pyridine rings is 1. The summed E-state index contributed by atoms with van der Waals surface area (Å²) in [5, 5.41) is 12.0. The highest BCUT2D eigenvalue weighted by molar-refractivity contribution is 5.91. The van der Waals surface area contributed by atoms with Gasteiger partial charge in [-0.2, -0.15) is 0 Å². The van der Waals surface area contributed by atoms with Crippen molar-refractivity contribution in [1.29, 1.82) is 0 Å². The number of aromatic nitrogens is 1. The van der Waals surface area contributed by atoms with E-state index in [2.05, 4.69) is 17.2 Å². The van der Waals surface area contributed by atoms with E-state index >= 15 is 0 Å². The monoisotopic (exact) mass is 302 g/mol. The number of rotatable bonds is 6. The molecule has 116 valence electrons. The van der Waals surface area contributed by atoms with E-state index in [4.69, 9.17) is 9.52 Å². The zero-order valence-electron chi connectivity index (χ0n) is 12.3. The summed E-state index contributed by atoms with van der Waals surface area (Å²) in [5.41, 5.74) is 0.244. The molecule has 2 rings (SSSR count). The lowest BCUT2D eigenvalue weighted by atomic mass is 10.0. The topological polar surface area (TPSA) is 92.4 Å². The van der Waals surface area contributed by atoms with E-state index in [9.17, 15) is 9.59 Å². The highest BCUT2D eigenvalue weighted by atomic mass is 16.4. The lowest BCUT2D eigenvalue weighted by molar-refractivity contribution is 0.0903. The maximum Gasteiger partial charge on any atom is 0.287 e. The summed E-state index contributed by atoms with van der Waals surface area (Å²) in [6.07, 6.45) is 6.94. The van der Waals surface area contributed by atoms with E-state index < -0.39 is 17.1 Å². The Labute approximate surface area is 127 Å². The number of nitrogens with zero attached hydrogens (tertiary/aromatic N) is 1. The molecule has 0 fully saturated rings. The van der Waals surface area contributed by atoms with Crippen LogP contribution in [0.4, 0.5) is 0 Å². The second-order valence-corrected chi connectivity index (χ2v) is 4.95. The van der Waals surface area contributed by atoms with E-state index in [0.29, 0.717) is 0 Å². The molecule has 22 heavy (non-hydrogen) atoms. The van der Waals surface area contributed by atoms with Gasteiger partial charge in [0.25, 0.3) is 5.91 Å². The lowest BCUT2D eigenvalue weighted by Crippen LogP contribution is -2.29. The number of hydrogen-bond acceptors (Lipinski definition) is 5. The first-order valence-corrected chi connectivity index (χ1v) is 7.14.